The van der Waals surface area contributed by atoms with Gasteiger partial charge in [-0.25, -0.2) is 4.39 Å². The van der Waals surface area contributed by atoms with Gasteiger partial charge in [0.15, 0.2) is 18.2 Å². The third-order valence-corrected chi connectivity index (χ3v) is 4.46. The summed E-state index contributed by atoms with van der Waals surface area (Å²) in [6.45, 7) is 0.287. The maximum Gasteiger partial charge on any atom is 0.260 e. The molecule has 0 radical (unpaired) electrons. The van der Waals surface area contributed by atoms with E-state index >= 15 is 0 Å². The van der Waals surface area contributed by atoms with Crippen LogP contribution in [-0.4, -0.2) is 50.6 Å². The molecule has 1 heterocycles. The molecule has 148 valence electrons. The number of nitrogens with zero attached hydrogens (tertiary/aromatic N) is 1. The SMILES string of the molecule is COc1ccc(NC(=O)C2CN(C(=O)COc3ccccc3F)C2)c(OC)c1. The highest BCUT2D eigenvalue weighted by Gasteiger charge is 2.36. The number of methoxy groups -OCH3 is 2. The first-order valence-electron chi connectivity index (χ1n) is 8.69. The van der Waals surface area contributed by atoms with Gasteiger partial charge in [0.05, 0.1) is 25.8 Å². The average molecular weight is 388 g/mol. The quantitative estimate of drug-likeness (QED) is 0.788. The smallest absolute Gasteiger partial charge is 0.260 e. The second-order valence-corrected chi connectivity index (χ2v) is 6.27. The number of anilines is 1. The van der Waals surface area contributed by atoms with Gasteiger partial charge in [0.1, 0.15) is 11.5 Å². The predicted molar refractivity (Wildman–Crippen MR) is 100 cm³/mol. The van der Waals surface area contributed by atoms with Crippen molar-refractivity contribution >= 4 is 17.5 Å². The van der Waals surface area contributed by atoms with Crippen molar-refractivity contribution in [1.29, 1.82) is 0 Å². The van der Waals surface area contributed by atoms with E-state index in [0.717, 1.165) is 0 Å². The molecule has 1 N–H and O–H groups in total. The minimum absolute atomic E-state index is 0.0252. The van der Waals surface area contributed by atoms with E-state index < -0.39 is 5.82 Å². The van der Waals surface area contributed by atoms with Crippen molar-refractivity contribution in [3.63, 3.8) is 0 Å². The number of halogens is 1. The van der Waals surface area contributed by atoms with Gasteiger partial charge in [-0.3, -0.25) is 9.59 Å². The van der Waals surface area contributed by atoms with E-state index in [0.29, 0.717) is 17.2 Å². The molecule has 28 heavy (non-hydrogen) atoms. The first kappa shape index (κ1) is 19.5. The molecule has 2 aromatic rings. The lowest BCUT2D eigenvalue weighted by Crippen LogP contribution is -2.55. The molecule has 1 aliphatic heterocycles. The number of carbonyl (C=O) groups is 2. The van der Waals surface area contributed by atoms with Crippen LogP contribution in [0.3, 0.4) is 0 Å². The fourth-order valence-corrected chi connectivity index (χ4v) is 2.78. The molecule has 3 rings (SSSR count). The summed E-state index contributed by atoms with van der Waals surface area (Å²) in [6.07, 6.45) is 0. The minimum atomic E-state index is -0.524. The maximum absolute atomic E-state index is 13.5. The Morgan fingerprint density at radius 2 is 1.86 bits per heavy atom. The van der Waals surface area contributed by atoms with Crippen LogP contribution < -0.4 is 19.5 Å². The van der Waals surface area contributed by atoms with Crippen molar-refractivity contribution in [3.8, 4) is 17.2 Å². The van der Waals surface area contributed by atoms with Gasteiger partial charge in [-0.1, -0.05) is 12.1 Å². The highest BCUT2D eigenvalue weighted by molar-refractivity contribution is 5.96. The number of carbonyl (C=O) groups excluding carboxylic acids is 2. The number of nitrogens with one attached hydrogen (secondary N) is 1. The van der Waals surface area contributed by atoms with Crippen LogP contribution in [0.2, 0.25) is 0 Å². The van der Waals surface area contributed by atoms with E-state index in [1.807, 2.05) is 0 Å². The fraction of sp³-hybridized carbons (Fsp3) is 0.300. The Labute approximate surface area is 162 Å². The Morgan fingerprint density at radius 3 is 2.54 bits per heavy atom. The lowest BCUT2D eigenvalue weighted by molar-refractivity contribution is -0.143. The second-order valence-electron chi connectivity index (χ2n) is 6.27. The van der Waals surface area contributed by atoms with Crippen LogP contribution in [0.4, 0.5) is 10.1 Å². The Kier molecular flexibility index (Phi) is 5.98. The lowest BCUT2D eigenvalue weighted by Gasteiger charge is -2.38. The molecular formula is C20H21FN2O5. The summed E-state index contributed by atoms with van der Waals surface area (Å²) in [6, 6.07) is 11.0. The zero-order valence-corrected chi connectivity index (χ0v) is 15.6. The van der Waals surface area contributed by atoms with Crippen LogP contribution in [0, 0.1) is 11.7 Å². The number of hydrogen-bond donors (Lipinski definition) is 1. The molecule has 2 aromatic carbocycles. The van der Waals surface area contributed by atoms with E-state index in [-0.39, 0.29) is 43.2 Å². The molecule has 1 aliphatic rings. The Morgan fingerprint density at radius 1 is 1.11 bits per heavy atom. The number of ether oxygens (including phenoxy) is 3. The van der Waals surface area contributed by atoms with Crippen molar-refractivity contribution in [2.75, 3.05) is 39.2 Å². The van der Waals surface area contributed by atoms with Crippen molar-refractivity contribution in [2.24, 2.45) is 5.92 Å². The molecule has 0 spiro atoms. The molecule has 7 nitrogen and oxygen atoms in total. The Hall–Kier alpha value is -3.29. The van der Waals surface area contributed by atoms with Crippen LogP contribution >= 0.6 is 0 Å². The zero-order valence-electron chi connectivity index (χ0n) is 15.6. The summed E-state index contributed by atoms with van der Waals surface area (Å²) in [5.41, 5.74) is 0.529. The number of amides is 2. The van der Waals surface area contributed by atoms with Gasteiger partial charge in [0.25, 0.3) is 5.91 Å². The van der Waals surface area contributed by atoms with E-state index in [2.05, 4.69) is 5.32 Å². The van der Waals surface area contributed by atoms with Gasteiger partial charge in [0.2, 0.25) is 5.91 Å². The number of rotatable bonds is 7. The summed E-state index contributed by atoms with van der Waals surface area (Å²) >= 11 is 0. The normalized spacial score (nSPS) is 13.5. The fourth-order valence-electron chi connectivity index (χ4n) is 2.78. The molecule has 0 atom stereocenters. The van der Waals surface area contributed by atoms with Gasteiger partial charge >= 0.3 is 0 Å². The van der Waals surface area contributed by atoms with Crippen molar-refractivity contribution < 1.29 is 28.2 Å². The molecule has 8 heteroatoms. The highest BCUT2D eigenvalue weighted by atomic mass is 19.1. The van der Waals surface area contributed by atoms with Crippen LogP contribution in [0.5, 0.6) is 17.2 Å². The van der Waals surface area contributed by atoms with Crippen molar-refractivity contribution in [1.82, 2.24) is 4.90 Å². The number of likely N-dealkylation sites (tertiary alicyclic amines) is 1. The standard InChI is InChI=1S/C20H21FN2O5/c1-26-14-7-8-16(18(9-14)27-2)22-20(25)13-10-23(11-13)19(24)12-28-17-6-4-3-5-15(17)21/h3-9,13H,10-12H2,1-2H3,(H,22,25). The summed E-state index contributed by atoms with van der Waals surface area (Å²) < 4.78 is 29.1. The molecule has 1 saturated heterocycles. The monoisotopic (exact) mass is 388 g/mol. The lowest BCUT2D eigenvalue weighted by atomic mass is 9.99. The van der Waals surface area contributed by atoms with Crippen LogP contribution in [0.25, 0.3) is 0 Å². The molecular weight excluding hydrogens is 367 g/mol. The molecule has 2 amide bonds. The average Bonchev–Trinajstić information content (AvgIpc) is 2.66. The topological polar surface area (TPSA) is 77.1 Å². The molecule has 0 bridgehead atoms. The maximum atomic E-state index is 13.5. The first-order valence-corrected chi connectivity index (χ1v) is 8.69. The van der Waals surface area contributed by atoms with E-state index in [4.69, 9.17) is 14.2 Å². The van der Waals surface area contributed by atoms with Crippen molar-refractivity contribution in [3.05, 3.63) is 48.3 Å². The van der Waals surface area contributed by atoms with Crippen LogP contribution in [0.1, 0.15) is 0 Å². The zero-order chi connectivity index (χ0) is 20.1. The Balaban J connectivity index is 1.48. The van der Waals surface area contributed by atoms with Gasteiger partial charge < -0.3 is 24.4 Å². The largest absolute Gasteiger partial charge is 0.497 e. The molecule has 0 saturated carbocycles. The molecule has 0 aromatic heterocycles. The summed E-state index contributed by atoms with van der Waals surface area (Å²) in [7, 11) is 3.05. The van der Waals surface area contributed by atoms with E-state index in [9.17, 15) is 14.0 Å². The number of hydrogen-bond acceptors (Lipinski definition) is 5. The van der Waals surface area contributed by atoms with Gasteiger partial charge in [-0.2, -0.15) is 0 Å². The highest BCUT2D eigenvalue weighted by Crippen LogP contribution is 2.30. The van der Waals surface area contributed by atoms with Gasteiger partial charge in [0, 0.05) is 19.2 Å². The number of para-hydroxylation sites is 1. The van der Waals surface area contributed by atoms with E-state index in [1.54, 1.807) is 37.4 Å². The number of benzene rings is 2. The van der Waals surface area contributed by atoms with E-state index in [1.165, 1.54) is 24.1 Å². The molecule has 0 aliphatic carbocycles. The third kappa shape index (κ3) is 4.33. The summed E-state index contributed by atoms with van der Waals surface area (Å²) in [5, 5.41) is 2.80. The van der Waals surface area contributed by atoms with Crippen LogP contribution in [-0.2, 0) is 9.59 Å². The molecule has 0 unspecified atom stereocenters. The second kappa shape index (κ2) is 8.60. The summed E-state index contributed by atoms with van der Waals surface area (Å²) in [4.78, 5) is 26.0. The van der Waals surface area contributed by atoms with Crippen LogP contribution in [0.15, 0.2) is 42.5 Å². The first-order chi connectivity index (χ1) is 13.5. The third-order valence-electron chi connectivity index (χ3n) is 4.46. The molecule has 1 fully saturated rings. The summed E-state index contributed by atoms with van der Waals surface area (Å²) in [5.74, 6) is -0.230. The Bertz CT molecular complexity index is 867. The van der Waals surface area contributed by atoms with Crippen molar-refractivity contribution in [2.45, 2.75) is 0 Å². The minimum Gasteiger partial charge on any atom is -0.497 e. The van der Waals surface area contributed by atoms with Gasteiger partial charge in [-0.15, -0.1) is 0 Å². The van der Waals surface area contributed by atoms with Gasteiger partial charge in [-0.05, 0) is 24.3 Å². The predicted octanol–water partition coefficient (Wildman–Crippen LogP) is 2.32.